The Morgan fingerprint density at radius 2 is 1.67 bits per heavy atom. The largest absolute Gasteiger partial charge is 0.378 e. The zero-order valence-corrected chi connectivity index (χ0v) is 20.3. The minimum Gasteiger partial charge on any atom is -0.378 e. The number of nitrogens with one attached hydrogen (secondary N) is 1. The SMILES string of the molecule is O=C(Nc1ccccc1CN1CCSCC1)c1cc(-c2ccccc2)c(N2CCOCC2)s1. The first-order valence-electron chi connectivity index (χ1n) is 11.5. The van der Waals surface area contributed by atoms with E-state index in [1.54, 1.807) is 11.3 Å². The van der Waals surface area contributed by atoms with Crippen LogP contribution in [-0.4, -0.2) is 61.7 Å². The van der Waals surface area contributed by atoms with E-state index in [0.717, 1.165) is 72.6 Å². The third kappa shape index (κ3) is 5.44. The van der Waals surface area contributed by atoms with Crippen LogP contribution in [-0.2, 0) is 11.3 Å². The molecule has 0 aliphatic carbocycles. The predicted molar refractivity (Wildman–Crippen MR) is 140 cm³/mol. The Bertz CT molecular complexity index is 1070. The molecule has 1 amide bonds. The number of rotatable bonds is 6. The first kappa shape index (κ1) is 22.5. The van der Waals surface area contributed by atoms with Gasteiger partial charge in [-0.15, -0.1) is 11.3 Å². The van der Waals surface area contributed by atoms with Gasteiger partial charge in [0.1, 0.15) is 0 Å². The van der Waals surface area contributed by atoms with Crippen LogP contribution in [0, 0.1) is 0 Å². The van der Waals surface area contributed by atoms with E-state index in [1.165, 1.54) is 17.1 Å². The summed E-state index contributed by atoms with van der Waals surface area (Å²) in [6.45, 7) is 6.20. The highest BCUT2D eigenvalue weighted by Gasteiger charge is 2.22. The molecular weight excluding hydrogens is 450 g/mol. The summed E-state index contributed by atoms with van der Waals surface area (Å²) >= 11 is 3.59. The van der Waals surface area contributed by atoms with Gasteiger partial charge in [0.2, 0.25) is 0 Å². The summed E-state index contributed by atoms with van der Waals surface area (Å²) in [4.78, 5) is 18.9. The zero-order chi connectivity index (χ0) is 22.5. The molecule has 3 aromatic rings. The minimum absolute atomic E-state index is 0.0432. The highest BCUT2D eigenvalue weighted by atomic mass is 32.2. The second-order valence-corrected chi connectivity index (χ2v) is 10.6. The summed E-state index contributed by atoms with van der Waals surface area (Å²) in [7, 11) is 0. The Kier molecular flexibility index (Phi) is 7.31. The minimum atomic E-state index is -0.0432. The fraction of sp³-hybridized carbons (Fsp3) is 0.346. The van der Waals surface area contributed by atoms with Crippen LogP contribution in [0.25, 0.3) is 11.1 Å². The fourth-order valence-electron chi connectivity index (χ4n) is 4.28. The molecule has 0 unspecified atom stereocenters. The summed E-state index contributed by atoms with van der Waals surface area (Å²) in [5, 5.41) is 4.35. The maximum Gasteiger partial charge on any atom is 0.265 e. The lowest BCUT2D eigenvalue weighted by Gasteiger charge is -2.28. The number of hydrogen-bond acceptors (Lipinski definition) is 6. The fourth-order valence-corrected chi connectivity index (χ4v) is 6.39. The van der Waals surface area contributed by atoms with Crippen LogP contribution in [0.3, 0.4) is 0 Å². The van der Waals surface area contributed by atoms with Crippen molar-refractivity contribution in [2.24, 2.45) is 0 Å². The number of amides is 1. The molecule has 0 atom stereocenters. The van der Waals surface area contributed by atoms with Crippen molar-refractivity contribution in [3.63, 3.8) is 0 Å². The maximum atomic E-state index is 13.4. The van der Waals surface area contributed by atoms with Gasteiger partial charge in [-0.05, 0) is 23.3 Å². The Labute approximate surface area is 203 Å². The number of para-hydroxylation sites is 1. The van der Waals surface area contributed by atoms with Gasteiger partial charge in [0.25, 0.3) is 5.91 Å². The number of morpholine rings is 1. The van der Waals surface area contributed by atoms with Crippen molar-refractivity contribution in [2.75, 3.05) is 61.1 Å². The van der Waals surface area contributed by atoms with Crippen molar-refractivity contribution in [1.82, 2.24) is 4.90 Å². The van der Waals surface area contributed by atoms with Crippen molar-refractivity contribution in [3.8, 4) is 11.1 Å². The average Bonchev–Trinajstić information content (AvgIpc) is 3.33. The molecule has 2 aliphatic rings. The molecule has 7 heteroatoms. The molecule has 0 bridgehead atoms. The van der Waals surface area contributed by atoms with E-state index in [9.17, 15) is 4.79 Å². The molecule has 2 aromatic carbocycles. The average molecular weight is 480 g/mol. The molecule has 5 nitrogen and oxygen atoms in total. The van der Waals surface area contributed by atoms with Gasteiger partial charge in [0, 0.05) is 55.5 Å². The van der Waals surface area contributed by atoms with Crippen LogP contribution >= 0.6 is 23.1 Å². The van der Waals surface area contributed by atoms with Crippen LogP contribution in [0.2, 0.25) is 0 Å². The highest BCUT2D eigenvalue weighted by molar-refractivity contribution is 7.99. The predicted octanol–water partition coefficient (Wildman–Crippen LogP) is 5.05. The van der Waals surface area contributed by atoms with E-state index in [4.69, 9.17) is 4.74 Å². The Hall–Kier alpha value is -2.32. The van der Waals surface area contributed by atoms with Gasteiger partial charge in [-0.25, -0.2) is 0 Å². The van der Waals surface area contributed by atoms with E-state index in [2.05, 4.69) is 39.4 Å². The normalized spacial score (nSPS) is 17.2. The van der Waals surface area contributed by atoms with Gasteiger partial charge in [0.05, 0.1) is 23.1 Å². The molecule has 2 aliphatic heterocycles. The van der Waals surface area contributed by atoms with Crippen LogP contribution in [0.1, 0.15) is 15.2 Å². The van der Waals surface area contributed by atoms with Crippen LogP contribution in [0.5, 0.6) is 0 Å². The molecular formula is C26H29N3O2S2. The number of benzene rings is 2. The summed E-state index contributed by atoms with van der Waals surface area (Å²) in [5.41, 5.74) is 4.33. The second-order valence-electron chi connectivity index (χ2n) is 8.29. The first-order valence-corrected chi connectivity index (χ1v) is 13.5. The molecule has 0 radical (unpaired) electrons. The first-order chi connectivity index (χ1) is 16.3. The van der Waals surface area contributed by atoms with Gasteiger partial charge in [0.15, 0.2) is 0 Å². The van der Waals surface area contributed by atoms with Crippen molar-refractivity contribution in [3.05, 3.63) is 71.1 Å². The Morgan fingerprint density at radius 3 is 2.45 bits per heavy atom. The summed E-state index contributed by atoms with van der Waals surface area (Å²) in [6, 6.07) is 20.6. The smallest absolute Gasteiger partial charge is 0.265 e. The number of ether oxygens (including phenoxy) is 1. The summed E-state index contributed by atoms with van der Waals surface area (Å²) < 4.78 is 5.55. The lowest BCUT2D eigenvalue weighted by molar-refractivity contribution is 0.103. The molecule has 33 heavy (non-hydrogen) atoms. The van der Waals surface area contributed by atoms with E-state index >= 15 is 0 Å². The summed E-state index contributed by atoms with van der Waals surface area (Å²) in [6.07, 6.45) is 0. The molecule has 172 valence electrons. The zero-order valence-electron chi connectivity index (χ0n) is 18.7. The molecule has 1 aromatic heterocycles. The molecule has 1 N–H and O–H groups in total. The third-order valence-corrected chi connectivity index (χ3v) is 8.22. The Balaban J connectivity index is 1.39. The number of hydrogen-bond donors (Lipinski definition) is 1. The molecule has 5 rings (SSSR count). The van der Waals surface area contributed by atoms with Gasteiger partial charge >= 0.3 is 0 Å². The Morgan fingerprint density at radius 1 is 0.939 bits per heavy atom. The van der Waals surface area contributed by atoms with Gasteiger partial charge in [-0.2, -0.15) is 11.8 Å². The molecule has 2 fully saturated rings. The standard InChI is InChI=1S/C26H29N3O2S2/c30-25(27-23-9-5-4-8-21(23)19-28-12-16-32-17-13-28)24-18-22(20-6-2-1-3-7-20)26(33-24)29-10-14-31-15-11-29/h1-9,18H,10-17,19H2,(H,27,30). The number of thioether (sulfide) groups is 1. The van der Waals surface area contributed by atoms with Crippen LogP contribution in [0.4, 0.5) is 10.7 Å². The van der Waals surface area contributed by atoms with Crippen molar-refractivity contribution in [2.45, 2.75) is 6.54 Å². The van der Waals surface area contributed by atoms with Gasteiger partial charge < -0.3 is 15.0 Å². The van der Waals surface area contributed by atoms with E-state index in [0.29, 0.717) is 0 Å². The van der Waals surface area contributed by atoms with Crippen molar-refractivity contribution < 1.29 is 9.53 Å². The lowest BCUT2D eigenvalue weighted by atomic mass is 10.1. The molecule has 0 spiro atoms. The maximum absolute atomic E-state index is 13.4. The quantitative estimate of drug-likeness (QED) is 0.536. The van der Waals surface area contributed by atoms with Crippen molar-refractivity contribution >= 4 is 39.7 Å². The lowest BCUT2D eigenvalue weighted by Crippen LogP contribution is -2.35. The van der Waals surface area contributed by atoms with Crippen LogP contribution in [0.15, 0.2) is 60.7 Å². The molecule has 2 saturated heterocycles. The van der Waals surface area contributed by atoms with E-state index in [-0.39, 0.29) is 5.91 Å². The monoisotopic (exact) mass is 479 g/mol. The molecule has 3 heterocycles. The van der Waals surface area contributed by atoms with E-state index < -0.39 is 0 Å². The number of nitrogens with zero attached hydrogens (tertiary/aromatic N) is 2. The number of carbonyl (C=O) groups excluding carboxylic acids is 1. The van der Waals surface area contributed by atoms with Crippen LogP contribution < -0.4 is 10.2 Å². The molecule has 0 saturated carbocycles. The van der Waals surface area contributed by atoms with Gasteiger partial charge in [-0.3, -0.25) is 9.69 Å². The number of anilines is 2. The third-order valence-electron chi connectivity index (χ3n) is 6.08. The highest BCUT2D eigenvalue weighted by Crippen LogP contribution is 2.39. The topological polar surface area (TPSA) is 44.8 Å². The second kappa shape index (κ2) is 10.7. The van der Waals surface area contributed by atoms with Gasteiger partial charge in [-0.1, -0.05) is 48.5 Å². The van der Waals surface area contributed by atoms with Crippen molar-refractivity contribution in [1.29, 1.82) is 0 Å². The number of thiophene rings is 1. The summed E-state index contributed by atoms with van der Waals surface area (Å²) in [5.74, 6) is 2.31. The van der Waals surface area contributed by atoms with E-state index in [1.807, 2.05) is 48.2 Å². The number of carbonyl (C=O) groups is 1.